The van der Waals surface area contributed by atoms with Crippen LogP contribution in [-0.4, -0.2) is 140 Å². The molecule has 2 unspecified atom stereocenters. The fraction of sp³-hybridized carbons (Fsp3) is 0.464. The number of piperazine rings is 1. The molecule has 21 nitrogen and oxygen atoms in total. The summed E-state index contributed by atoms with van der Waals surface area (Å²) in [5, 5.41) is 77.4. The molecule has 1 fully saturated rings. The number of carboxylic acid groups (broad SMARTS) is 1. The Bertz CT molecular complexity index is 3320. The number of ketones is 1. The molecule has 5 bridgehead atoms. The van der Waals surface area contributed by atoms with Crippen molar-refractivity contribution in [3.8, 4) is 28.7 Å². The lowest BCUT2D eigenvalue weighted by Crippen LogP contribution is -2.50. The van der Waals surface area contributed by atoms with E-state index in [0.29, 0.717) is 0 Å². The van der Waals surface area contributed by atoms with E-state index in [1.54, 1.807) is 62.1 Å². The Labute approximate surface area is 448 Å². The number of aliphatic hydroxyl groups is 2. The van der Waals surface area contributed by atoms with E-state index < -0.39 is 129 Å². The number of carbonyl (C=O) groups is 4. The zero-order valence-electron chi connectivity index (χ0n) is 45.2. The quantitative estimate of drug-likeness (QED) is 0.0475. The smallest absolute Gasteiger partial charge is 0.341 e. The van der Waals surface area contributed by atoms with Gasteiger partial charge in [0.25, 0.3) is 11.7 Å². The number of Topliss-reactive ketones (excluding diaryl/α,β-unsaturated/α-hetero) is 1. The highest BCUT2D eigenvalue weighted by Gasteiger charge is 2.50. The number of phenols is 3. The van der Waals surface area contributed by atoms with E-state index in [2.05, 4.69) is 10.4 Å². The number of hydrazone groups is 1. The lowest BCUT2D eigenvalue weighted by Gasteiger charge is -2.40. The van der Waals surface area contributed by atoms with Crippen LogP contribution in [0.15, 0.2) is 58.3 Å². The van der Waals surface area contributed by atoms with Gasteiger partial charge in [0.15, 0.2) is 17.3 Å². The lowest BCUT2D eigenvalue weighted by molar-refractivity contribution is -0.160. The molecule has 9 rings (SSSR count). The number of pyridine rings is 1. The van der Waals surface area contributed by atoms with Gasteiger partial charge in [-0.2, -0.15) is 5.10 Å². The number of esters is 1. The van der Waals surface area contributed by atoms with Crippen molar-refractivity contribution in [1.29, 1.82) is 0 Å². The van der Waals surface area contributed by atoms with E-state index in [-0.39, 0.29) is 88.0 Å². The van der Waals surface area contributed by atoms with Crippen LogP contribution in [-0.2, 0) is 23.8 Å². The molecule has 1 aromatic heterocycles. The van der Waals surface area contributed by atoms with Gasteiger partial charge in [0.05, 0.1) is 82.5 Å². The van der Waals surface area contributed by atoms with Crippen LogP contribution in [0.4, 0.5) is 15.8 Å². The van der Waals surface area contributed by atoms with Crippen LogP contribution in [0.1, 0.15) is 100 Å². The Balaban J connectivity index is 1.21. The molecule has 11 atom stereocenters. The Morgan fingerprint density at radius 3 is 2.28 bits per heavy atom. The normalized spacial score (nSPS) is 29.4. The number of anilines is 2. The largest absolute Gasteiger partial charge is 0.507 e. The molecule has 4 aromatic rings. The average Bonchev–Trinajstić information content (AvgIpc) is 3.77. The number of benzene rings is 3. The molecular weight excluding hydrogens is 1020 g/mol. The Kier molecular flexibility index (Phi) is 15.7. The van der Waals surface area contributed by atoms with Crippen LogP contribution in [0.3, 0.4) is 0 Å². The molecule has 5 aliphatic rings. The number of carbonyl (C=O) groups excluding carboxylic acids is 3. The van der Waals surface area contributed by atoms with Gasteiger partial charge in [-0.3, -0.25) is 24.2 Å². The number of nitrogens with one attached hydrogen (secondary N) is 1. The van der Waals surface area contributed by atoms with Gasteiger partial charge >= 0.3 is 17.7 Å². The first-order valence-electron chi connectivity index (χ1n) is 25.6. The number of rotatable bonds is 6. The topological polar surface area (TPSA) is 289 Å². The maximum absolute atomic E-state index is 16.3. The maximum Gasteiger partial charge on any atom is 0.341 e. The standard InChI is InChI=1S/C56H66FN5O16/c1-24-13-12-14-25(2)54(71)59-41-34(20-58-62-17-16-60(21-26(62)3)43-36(57)19-33-42-52(43)75-23-27(4)61(42)22-35(47(33)67)55(72)73)48(68)38-39(49(41)69)46(66)31(8)51-40(38)53(70)56(10,78-51)76-18-15-37(74-11)28(5)50(77-32(9)63)30(7)45(65)29(6)44(24)64/h12-15,18-20,22,24,26-30,37,44-45,50,64-66,68-69H,16-17,21,23H2,1-11H3,(H,59,71)(H,72,73)/b13-12-,18-15-,25-14+,58-20+/t24-,26?,27?,28+,29+,30+,37-,44-,45+,50+,56-/m0/s1. The third-order valence-electron chi connectivity index (χ3n) is 15.6. The van der Waals surface area contributed by atoms with Crippen molar-refractivity contribution in [1.82, 2.24) is 9.58 Å². The molecule has 0 saturated carbocycles. The Hall–Kier alpha value is -7.69. The highest BCUT2D eigenvalue weighted by Crippen LogP contribution is 2.55. The van der Waals surface area contributed by atoms with Gasteiger partial charge in [0.2, 0.25) is 5.43 Å². The Morgan fingerprint density at radius 1 is 0.923 bits per heavy atom. The van der Waals surface area contributed by atoms with Crippen LogP contribution < -0.4 is 25.1 Å². The molecule has 5 aliphatic heterocycles. The highest BCUT2D eigenvalue weighted by atomic mass is 19.1. The highest BCUT2D eigenvalue weighted by molar-refractivity contribution is 6.24. The number of aromatic hydroxyl groups is 3. The number of hydrogen-bond acceptors (Lipinski definition) is 18. The predicted octanol–water partition coefficient (Wildman–Crippen LogP) is 6.40. The van der Waals surface area contributed by atoms with Crippen molar-refractivity contribution < 1.29 is 77.9 Å². The van der Waals surface area contributed by atoms with Gasteiger partial charge in [-0.15, -0.1) is 0 Å². The van der Waals surface area contributed by atoms with Gasteiger partial charge in [0.1, 0.15) is 41.2 Å². The van der Waals surface area contributed by atoms with E-state index >= 15 is 4.39 Å². The predicted molar refractivity (Wildman–Crippen MR) is 285 cm³/mol. The first-order chi connectivity index (χ1) is 36.7. The van der Waals surface area contributed by atoms with E-state index in [0.717, 1.165) is 12.3 Å². The molecule has 0 spiro atoms. The summed E-state index contributed by atoms with van der Waals surface area (Å²) in [6.45, 7) is 16.2. The second-order valence-electron chi connectivity index (χ2n) is 21.0. The summed E-state index contributed by atoms with van der Waals surface area (Å²) in [5.41, 5.74) is -1.95. The lowest BCUT2D eigenvalue weighted by atomic mass is 9.78. The first-order valence-corrected chi connectivity index (χ1v) is 25.6. The van der Waals surface area contributed by atoms with Crippen molar-refractivity contribution in [2.24, 2.45) is 28.8 Å². The summed E-state index contributed by atoms with van der Waals surface area (Å²) >= 11 is 0. The van der Waals surface area contributed by atoms with Gasteiger partial charge < -0.3 is 69.1 Å². The summed E-state index contributed by atoms with van der Waals surface area (Å²) in [4.78, 5) is 68.3. The number of aromatic carboxylic acids is 1. The van der Waals surface area contributed by atoms with E-state index in [4.69, 9.17) is 23.7 Å². The number of aliphatic hydroxyl groups excluding tert-OH is 2. The molecule has 6 heterocycles. The van der Waals surface area contributed by atoms with E-state index in [1.165, 1.54) is 65.4 Å². The van der Waals surface area contributed by atoms with Gasteiger partial charge in [-0.25, -0.2) is 9.18 Å². The number of nitrogens with zero attached hydrogens (tertiary/aromatic N) is 4. The van der Waals surface area contributed by atoms with Gasteiger partial charge in [-0.05, 0) is 39.8 Å². The molecule has 7 N–H and O–H groups in total. The molecule has 1 amide bonds. The molecule has 3 aromatic carbocycles. The zero-order chi connectivity index (χ0) is 57.1. The van der Waals surface area contributed by atoms with Crippen molar-refractivity contribution in [3.05, 3.63) is 86.7 Å². The van der Waals surface area contributed by atoms with Gasteiger partial charge in [-0.1, -0.05) is 45.9 Å². The monoisotopic (exact) mass is 1080 g/mol. The number of carboxylic acids is 1. The number of methoxy groups -OCH3 is 1. The zero-order valence-corrected chi connectivity index (χ0v) is 45.2. The second-order valence-corrected chi connectivity index (χ2v) is 21.0. The third-order valence-corrected chi connectivity index (χ3v) is 15.6. The maximum atomic E-state index is 16.3. The van der Waals surface area contributed by atoms with Crippen LogP contribution in [0.25, 0.3) is 21.7 Å². The van der Waals surface area contributed by atoms with Crippen LogP contribution in [0, 0.1) is 36.4 Å². The molecular formula is C56H66FN5O16. The van der Waals surface area contributed by atoms with E-state index in [1.807, 2.05) is 0 Å². The number of phenolic OH excluding ortho intramolecular Hbond substituents is 3. The summed E-state index contributed by atoms with van der Waals surface area (Å²) in [7, 11) is 1.41. The average molecular weight is 1080 g/mol. The molecule has 1 saturated heterocycles. The number of amides is 1. The summed E-state index contributed by atoms with van der Waals surface area (Å²) in [6.07, 6.45) is 5.50. The number of aromatic nitrogens is 1. The van der Waals surface area contributed by atoms with Gasteiger partial charge in [0, 0.05) is 80.4 Å². The molecule has 0 aliphatic carbocycles. The summed E-state index contributed by atoms with van der Waals surface area (Å²) in [6, 6.07) is 0.123. The minimum Gasteiger partial charge on any atom is -0.507 e. The number of ether oxygens (including phenoxy) is 5. The minimum absolute atomic E-state index is 0.0233. The third kappa shape index (κ3) is 9.84. The van der Waals surface area contributed by atoms with Crippen molar-refractivity contribution in [3.63, 3.8) is 0 Å². The van der Waals surface area contributed by atoms with Crippen LogP contribution in [0.5, 0.6) is 28.7 Å². The number of hydrogen-bond donors (Lipinski definition) is 7. The molecule has 78 heavy (non-hydrogen) atoms. The van der Waals surface area contributed by atoms with Crippen molar-refractivity contribution in [2.75, 3.05) is 43.6 Å². The number of fused-ring (bicyclic) bond motifs is 14. The fourth-order valence-corrected chi connectivity index (χ4v) is 11.0. The first kappa shape index (κ1) is 56.5. The SMILES string of the molecule is CO[C@H]1/C=C\O[C@@]2(C)Oc3c(C)c(O)c4c(O)c(c(/C=N/N5CCN(c6c(F)cc7c(=O)c(C(=O)O)cn8c7c6OCC8C)CC5C)c(O)c4c3C2=O)NC(=O)/C(C)=C/C=C\[C@H](C)[C@H](O)[C@@H](C)[C@@H](O)[C@@H](C)[C@H](OC(C)=O)[C@@H]1C. The fourth-order valence-electron chi connectivity index (χ4n) is 11.0. The Morgan fingerprint density at radius 2 is 1.63 bits per heavy atom. The second kappa shape index (κ2) is 21.6. The molecule has 22 heteroatoms. The van der Waals surface area contributed by atoms with E-state index in [9.17, 15) is 54.6 Å². The van der Waals surface area contributed by atoms with Crippen LogP contribution >= 0.6 is 0 Å². The van der Waals surface area contributed by atoms with Crippen molar-refractivity contribution >= 4 is 62.9 Å². The molecule has 0 radical (unpaired) electrons. The summed E-state index contributed by atoms with van der Waals surface area (Å²) in [5.74, 6) is -11.5. The molecule has 418 valence electrons. The number of halogens is 1. The van der Waals surface area contributed by atoms with Crippen molar-refractivity contribution in [2.45, 2.75) is 112 Å². The minimum atomic E-state index is -2.15. The van der Waals surface area contributed by atoms with Crippen LogP contribution in [0.2, 0.25) is 0 Å². The number of allylic oxidation sites excluding steroid dienone is 2. The summed E-state index contributed by atoms with van der Waals surface area (Å²) < 4.78 is 47.7.